The zero-order valence-corrected chi connectivity index (χ0v) is 13.2. The molecule has 0 unspecified atom stereocenters. The third-order valence-electron chi connectivity index (χ3n) is 3.13. The predicted molar refractivity (Wildman–Crippen MR) is 88.1 cm³/mol. The average Bonchev–Trinajstić information content (AvgIpc) is 2.99. The lowest BCUT2D eigenvalue weighted by atomic mass is 10.2. The van der Waals surface area contributed by atoms with Crippen LogP contribution in [-0.4, -0.2) is 25.7 Å². The molecule has 0 spiro atoms. The molecule has 6 nitrogen and oxygen atoms in total. The Morgan fingerprint density at radius 1 is 1.26 bits per heavy atom. The molecular formula is C16H14ClN5O. The van der Waals surface area contributed by atoms with Crippen molar-refractivity contribution in [1.82, 2.24) is 19.7 Å². The third kappa shape index (κ3) is 3.73. The number of carbonyl (C=O) groups excluding carboxylic acids is 1. The van der Waals surface area contributed by atoms with Crippen LogP contribution in [0.5, 0.6) is 0 Å². The molecule has 0 radical (unpaired) electrons. The molecule has 23 heavy (non-hydrogen) atoms. The Morgan fingerprint density at radius 3 is 2.87 bits per heavy atom. The summed E-state index contributed by atoms with van der Waals surface area (Å²) in [5.74, 6) is 0.250. The number of aryl methyl sites for hydroxylation is 1. The van der Waals surface area contributed by atoms with E-state index in [9.17, 15) is 4.79 Å². The van der Waals surface area contributed by atoms with Gasteiger partial charge in [0.25, 0.3) is 0 Å². The zero-order valence-electron chi connectivity index (χ0n) is 12.4. The fraction of sp³-hybridized carbons (Fsp3) is 0.125. The second-order valence-corrected chi connectivity index (χ2v) is 5.42. The minimum atomic E-state index is -0.228. The third-order valence-corrected chi connectivity index (χ3v) is 3.45. The van der Waals surface area contributed by atoms with Crippen LogP contribution in [0.3, 0.4) is 0 Å². The van der Waals surface area contributed by atoms with E-state index in [2.05, 4.69) is 20.4 Å². The Labute approximate surface area is 138 Å². The van der Waals surface area contributed by atoms with Crippen molar-refractivity contribution in [2.24, 2.45) is 0 Å². The second kappa shape index (κ2) is 6.58. The number of pyridine rings is 1. The van der Waals surface area contributed by atoms with E-state index in [0.29, 0.717) is 22.2 Å². The van der Waals surface area contributed by atoms with Crippen molar-refractivity contribution in [2.45, 2.75) is 13.5 Å². The van der Waals surface area contributed by atoms with Gasteiger partial charge in [-0.1, -0.05) is 23.7 Å². The Bertz CT molecular complexity index is 831. The Kier molecular flexibility index (Phi) is 4.34. The van der Waals surface area contributed by atoms with Crippen LogP contribution < -0.4 is 5.32 Å². The van der Waals surface area contributed by atoms with Crippen LogP contribution >= 0.6 is 11.6 Å². The highest BCUT2D eigenvalue weighted by Gasteiger charge is 2.10. The molecule has 1 N–H and O–H groups in total. The fourth-order valence-electron chi connectivity index (χ4n) is 2.04. The lowest BCUT2D eigenvalue weighted by Gasteiger charge is -2.07. The summed E-state index contributed by atoms with van der Waals surface area (Å²) in [6.45, 7) is 1.98. The van der Waals surface area contributed by atoms with Gasteiger partial charge >= 0.3 is 0 Å². The van der Waals surface area contributed by atoms with Crippen molar-refractivity contribution in [2.75, 3.05) is 5.32 Å². The van der Waals surface area contributed by atoms with Gasteiger partial charge in [-0.25, -0.2) is 9.67 Å². The molecule has 2 heterocycles. The first kappa shape index (κ1) is 15.2. The van der Waals surface area contributed by atoms with Crippen molar-refractivity contribution in [3.8, 4) is 11.5 Å². The summed E-state index contributed by atoms with van der Waals surface area (Å²) < 4.78 is 1.46. The van der Waals surface area contributed by atoms with Crippen molar-refractivity contribution in [1.29, 1.82) is 0 Å². The van der Waals surface area contributed by atoms with Gasteiger partial charge < -0.3 is 5.32 Å². The number of carbonyl (C=O) groups is 1. The molecule has 0 fully saturated rings. The summed E-state index contributed by atoms with van der Waals surface area (Å²) in [5, 5.41) is 7.51. The smallest absolute Gasteiger partial charge is 0.246 e. The minimum absolute atomic E-state index is 0.0457. The number of hydrogen-bond acceptors (Lipinski definition) is 4. The standard InChI is InChI=1S/C16H14ClN5O/c1-11-5-6-13(12(17)8-11)20-15(23)9-22-10-19-16(21-22)14-4-2-3-7-18-14/h2-8,10H,9H2,1H3,(H,20,23). The zero-order chi connectivity index (χ0) is 16.2. The molecule has 0 bridgehead atoms. The number of halogens is 1. The predicted octanol–water partition coefficient (Wildman–Crippen LogP) is 2.94. The van der Waals surface area contributed by atoms with Gasteiger partial charge in [-0.05, 0) is 36.8 Å². The molecule has 1 amide bonds. The molecule has 0 aliphatic heterocycles. The van der Waals surface area contributed by atoms with E-state index in [-0.39, 0.29) is 12.5 Å². The van der Waals surface area contributed by atoms with Gasteiger partial charge in [0.1, 0.15) is 18.6 Å². The molecule has 116 valence electrons. The summed E-state index contributed by atoms with van der Waals surface area (Å²) >= 11 is 6.10. The van der Waals surface area contributed by atoms with E-state index in [1.54, 1.807) is 18.3 Å². The normalized spacial score (nSPS) is 10.5. The first-order valence-electron chi connectivity index (χ1n) is 6.99. The van der Waals surface area contributed by atoms with E-state index >= 15 is 0 Å². The largest absolute Gasteiger partial charge is 0.323 e. The van der Waals surface area contributed by atoms with E-state index < -0.39 is 0 Å². The highest BCUT2D eigenvalue weighted by Crippen LogP contribution is 2.22. The number of amides is 1. The van der Waals surface area contributed by atoms with Crippen LogP contribution in [0.4, 0.5) is 5.69 Å². The molecule has 7 heteroatoms. The van der Waals surface area contributed by atoms with Gasteiger partial charge in [-0.3, -0.25) is 9.78 Å². The number of nitrogens with zero attached hydrogens (tertiary/aromatic N) is 4. The van der Waals surface area contributed by atoms with E-state index in [1.807, 2.05) is 31.2 Å². The second-order valence-electron chi connectivity index (χ2n) is 5.01. The van der Waals surface area contributed by atoms with E-state index in [4.69, 9.17) is 11.6 Å². The lowest BCUT2D eigenvalue weighted by Crippen LogP contribution is -2.19. The van der Waals surface area contributed by atoms with Gasteiger partial charge in [-0.2, -0.15) is 0 Å². The first-order valence-corrected chi connectivity index (χ1v) is 7.36. The molecule has 1 aromatic carbocycles. The van der Waals surface area contributed by atoms with Gasteiger partial charge in [0.15, 0.2) is 5.82 Å². The number of hydrogen-bond donors (Lipinski definition) is 1. The topological polar surface area (TPSA) is 72.7 Å². The van der Waals surface area contributed by atoms with Crippen LogP contribution in [0.25, 0.3) is 11.5 Å². The molecule has 3 aromatic rings. The number of rotatable bonds is 4. The van der Waals surface area contributed by atoms with Gasteiger partial charge in [0.2, 0.25) is 5.91 Å². The SMILES string of the molecule is Cc1ccc(NC(=O)Cn2cnc(-c3ccccn3)n2)c(Cl)c1. The van der Waals surface area contributed by atoms with Gasteiger partial charge in [0, 0.05) is 6.20 Å². The van der Waals surface area contributed by atoms with Crippen molar-refractivity contribution in [3.63, 3.8) is 0 Å². The maximum Gasteiger partial charge on any atom is 0.246 e. The average molecular weight is 328 g/mol. The van der Waals surface area contributed by atoms with Crippen LogP contribution in [0.15, 0.2) is 48.9 Å². The molecule has 0 aliphatic carbocycles. The number of aromatic nitrogens is 4. The summed E-state index contributed by atoms with van der Waals surface area (Å²) in [6, 6.07) is 10.9. The van der Waals surface area contributed by atoms with Gasteiger partial charge in [0.05, 0.1) is 10.7 Å². The van der Waals surface area contributed by atoms with Crippen LogP contribution in [0, 0.1) is 6.92 Å². The van der Waals surface area contributed by atoms with Crippen molar-refractivity contribution in [3.05, 3.63) is 59.5 Å². The monoisotopic (exact) mass is 327 g/mol. The van der Waals surface area contributed by atoms with E-state index in [1.165, 1.54) is 11.0 Å². The summed E-state index contributed by atoms with van der Waals surface area (Å²) in [7, 11) is 0. The van der Waals surface area contributed by atoms with Crippen LogP contribution in [-0.2, 0) is 11.3 Å². The molecule has 0 atom stereocenters. The quantitative estimate of drug-likeness (QED) is 0.799. The number of anilines is 1. The molecule has 3 rings (SSSR count). The Balaban J connectivity index is 1.68. The lowest BCUT2D eigenvalue weighted by molar-refractivity contribution is -0.116. The van der Waals surface area contributed by atoms with E-state index in [0.717, 1.165) is 5.56 Å². The minimum Gasteiger partial charge on any atom is -0.323 e. The summed E-state index contributed by atoms with van der Waals surface area (Å²) in [5.41, 5.74) is 2.27. The highest BCUT2D eigenvalue weighted by atomic mass is 35.5. The molecular weight excluding hydrogens is 314 g/mol. The maximum absolute atomic E-state index is 12.1. The summed E-state index contributed by atoms with van der Waals surface area (Å²) in [4.78, 5) is 20.4. The number of benzene rings is 1. The highest BCUT2D eigenvalue weighted by molar-refractivity contribution is 6.33. The Hall–Kier alpha value is -2.73. The number of nitrogens with one attached hydrogen (secondary N) is 1. The first-order chi connectivity index (χ1) is 11.1. The molecule has 0 saturated carbocycles. The molecule has 0 saturated heterocycles. The molecule has 2 aromatic heterocycles. The van der Waals surface area contributed by atoms with Gasteiger partial charge in [-0.15, -0.1) is 5.10 Å². The van der Waals surface area contributed by atoms with Crippen molar-refractivity contribution >= 4 is 23.2 Å². The Morgan fingerprint density at radius 2 is 2.13 bits per heavy atom. The van der Waals surface area contributed by atoms with Crippen LogP contribution in [0.2, 0.25) is 5.02 Å². The van der Waals surface area contributed by atoms with Crippen LogP contribution in [0.1, 0.15) is 5.56 Å². The maximum atomic E-state index is 12.1. The van der Waals surface area contributed by atoms with Crippen molar-refractivity contribution < 1.29 is 4.79 Å². The summed E-state index contributed by atoms with van der Waals surface area (Å²) in [6.07, 6.45) is 3.17. The molecule has 0 aliphatic rings. The fourth-order valence-corrected chi connectivity index (χ4v) is 2.32.